The van der Waals surface area contributed by atoms with Gasteiger partial charge in [0, 0.05) is 25.4 Å². The minimum absolute atomic E-state index is 0.0436. The number of ether oxygens (including phenoxy) is 2. The summed E-state index contributed by atoms with van der Waals surface area (Å²) in [6.07, 6.45) is -2.88. The molecule has 3 rings (SSSR count). The lowest BCUT2D eigenvalue weighted by Gasteiger charge is -2.33. The summed E-state index contributed by atoms with van der Waals surface area (Å²) in [6, 6.07) is 10.5. The van der Waals surface area contributed by atoms with E-state index in [9.17, 15) is 27.9 Å². The van der Waals surface area contributed by atoms with Crippen LogP contribution in [0.1, 0.15) is 54.9 Å². The maximum absolute atomic E-state index is 12.7. The van der Waals surface area contributed by atoms with Crippen molar-refractivity contribution in [2.45, 2.75) is 57.7 Å². The molecule has 35 heavy (non-hydrogen) atoms. The van der Waals surface area contributed by atoms with Gasteiger partial charge in [-0.05, 0) is 68.5 Å². The Labute approximate surface area is 202 Å². The first kappa shape index (κ1) is 26.4. The predicted octanol–water partition coefficient (Wildman–Crippen LogP) is 5.81. The fourth-order valence-corrected chi connectivity index (χ4v) is 3.92. The number of nitrogens with zero attached hydrogens (tertiary/aromatic N) is 1. The number of amides is 1. The van der Waals surface area contributed by atoms with Crippen molar-refractivity contribution < 1.29 is 37.3 Å². The zero-order valence-electron chi connectivity index (χ0n) is 20.0. The minimum Gasteiger partial charge on any atom is -0.478 e. The van der Waals surface area contributed by atoms with E-state index in [1.165, 1.54) is 26.0 Å². The average molecular weight is 494 g/mol. The van der Waals surface area contributed by atoms with Crippen molar-refractivity contribution >= 4 is 12.1 Å². The van der Waals surface area contributed by atoms with Crippen LogP contribution >= 0.6 is 0 Å². The maximum atomic E-state index is 12.7. The van der Waals surface area contributed by atoms with Crippen LogP contribution in [0.4, 0.5) is 18.0 Å². The standard InChI is InChI=1S/C26H30F3NO5/c1-17-6-9-19(15-22(17)35-25(2,3)23(31)32)20-5-4-13-30(16-20)24(33)34-14-12-18-7-10-21(11-8-18)26(27,28)29/h6-11,15,20H,4-5,12-14,16H2,1-3H3,(H,31,32). The number of halogens is 3. The SMILES string of the molecule is Cc1ccc(C2CCCN(C(=O)OCCc3ccc(C(F)(F)F)cc3)C2)cc1OC(C)(C)C(=O)O. The zero-order valence-corrected chi connectivity index (χ0v) is 20.0. The molecule has 0 bridgehead atoms. The van der Waals surface area contributed by atoms with Crippen LogP contribution in [0.15, 0.2) is 42.5 Å². The summed E-state index contributed by atoms with van der Waals surface area (Å²) >= 11 is 0. The second-order valence-electron chi connectivity index (χ2n) is 9.29. The molecule has 2 aromatic carbocycles. The molecule has 0 spiro atoms. The largest absolute Gasteiger partial charge is 0.478 e. The van der Waals surface area contributed by atoms with E-state index in [2.05, 4.69) is 0 Å². The molecular formula is C26H30F3NO5. The monoisotopic (exact) mass is 493 g/mol. The number of hydrogen-bond donors (Lipinski definition) is 1. The Morgan fingerprint density at radius 2 is 1.80 bits per heavy atom. The van der Waals surface area contributed by atoms with Crippen LogP contribution in [-0.4, -0.2) is 47.4 Å². The molecule has 1 amide bonds. The molecule has 1 saturated heterocycles. The van der Waals surface area contributed by atoms with Gasteiger partial charge in [0.25, 0.3) is 0 Å². The van der Waals surface area contributed by atoms with Gasteiger partial charge in [-0.2, -0.15) is 13.2 Å². The number of hydrogen-bond acceptors (Lipinski definition) is 4. The van der Waals surface area contributed by atoms with Crippen LogP contribution in [0.5, 0.6) is 5.75 Å². The minimum atomic E-state index is -4.38. The van der Waals surface area contributed by atoms with E-state index in [4.69, 9.17) is 9.47 Å². The highest BCUT2D eigenvalue weighted by molar-refractivity contribution is 5.76. The number of aryl methyl sites for hydroxylation is 1. The summed E-state index contributed by atoms with van der Waals surface area (Å²) in [6.45, 7) is 5.90. The van der Waals surface area contributed by atoms with Crippen LogP contribution in [0.25, 0.3) is 0 Å². The van der Waals surface area contributed by atoms with Gasteiger partial charge in [0.2, 0.25) is 0 Å². The Kier molecular flexibility index (Phi) is 7.97. The second-order valence-corrected chi connectivity index (χ2v) is 9.29. The first-order valence-corrected chi connectivity index (χ1v) is 11.5. The molecule has 1 heterocycles. The molecule has 190 valence electrons. The molecule has 1 fully saturated rings. The smallest absolute Gasteiger partial charge is 0.416 e. The zero-order chi connectivity index (χ0) is 25.8. The quantitative estimate of drug-likeness (QED) is 0.527. The van der Waals surface area contributed by atoms with Gasteiger partial charge in [-0.3, -0.25) is 0 Å². The third-order valence-electron chi connectivity index (χ3n) is 6.14. The van der Waals surface area contributed by atoms with E-state index in [1.807, 2.05) is 25.1 Å². The number of aliphatic carboxylic acids is 1. The highest BCUT2D eigenvalue weighted by Gasteiger charge is 2.32. The summed E-state index contributed by atoms with van der Waals surface area (Å²) in [5.41, 5.74) is 0.332. The van der Waals surface area contributed by atoms with Gasteiger partial charge in [-0.1, -0.05) is 24.3 Å². The van der Waals surface area contributed by atoms with Gasteiger partial charge in [-0.15, -0.1) is 0 Å². The van der Waals surface area contributed by atoms with Gasteiger partial charge in [0.1, 0.15) is 5.75 Å². The Hall–Kier alpha value is -3.23. The number of alkyl halides is 3. The molecule has 1 aliphatic heterocycles. The molecule has 1 atom stereocenters. The lowest BCUT2D eigenvalue weighted by Crippen LogP contribution is -2.40. The number of benzene rings is 2. The van der Waals surface area contributed by atoms with Crippen molar-refractivity contribution in [2.24, 2.45) is 0 Å². The summed E-state index contributed by atoms with van der Waals surface area (Å²) in [7, 11) is 0. The van der Waals surface area contributed by atoms with E-state index in [0.29, 0.717) is 30.8 Å². The maximum Gasteiger partial charge on any atom is 0.416 e. The fourth-order valence-electron chi connectivity index (χ4n) is 3.92. The summed E-state index contributed by atoms with van der Waals surface area (Å²) in [5.74, 6) is -0.529. The number of carboxylic acid groups (broad SMARTS) is 1. The Morgan fingerprint density at radius 3 is 2.43 bits per heavy atom. The van der Waals surface area contributed by atoms with Crippen LogP contribution in [0.3, 0.4) is 0 Å². The van der Waals surface area contributed by atoms with E-state index < -0.39 is 29.4 Å². The van der Waals surface area contributed by atoms with Gasteiger partial charge in [0.15, 0.2) is 5.60 Å². The lowest BCUT2D eigenvalue weighted by atomic mass is 9.90. The van der Waals surface area contributed by atoms with Gasteiger partial charge in [-0.25, -0.2) is 9.59 Å². The van der Waals surface area contributed by atoms with Crippen molar-refractivity contribution in [3.8, 4) is 5.75 Å². The molecule has 1 aliphatic rings. The molecule has 1 N–H and O–H groups in total. The van der Waals surface area contributed by atoms with E-state index in [0.717, 1.165) is 36.1 Å². The Balaban J connectivity index is 1.57. The topological polar surface area (TPSA) is 76.1 Å². The van der Waals surface area contributed by atoms with Crippen molar-refractivity contribution in [1.82, 2.24) is 4.90 Å². The first-order valence-electron chi connectivity index (χ1n) is 11.5. The first-order chi connectivity index (χ1) is 16.4. The number of rotatable bonds is 7. The van der Waals surface area contributed by atoms with Crippen LogP contribution < -0.4 is 4.74 Å². The summed E-state index contributed by atoms with van der Waals surface area (Å²) in [4.78, 5) is 25.7. The molecule has 2 aromatic rings. The average Bonchev–Trinajstić information content (AvgIpc) is 2.80. The van der Waals surface area contributed by atoms with Crippen LogP contribution in [0.2, 0.25) is 0 Å². The Bertz CT molecular complexity index is 1050. The molecule has 1 unspecified atom stereocenters. The van der Waals surface area contributed by atoms with E-state index >= 15 is 0 Å². The fraction of sp³-hybridized carbons (Fsp3) is 0.462. The van der Waals surface area contributed by atoms with Gasteiger partial charge >= 0.3 is 18.2 Å². The van der Waals surface area contributed by atoms with Gasteiger partial charge in [0.05, 0.1) is 12.2 Å². The molecule has 0 saturated carbocycles. The highest BCUT2D eigenvalue weighted by atomic mass is 19.4. The number of piperidine rings is 1. The highest BCUT2D eigenvalue weighted by Crippen LogP contribution is 2.33. The molecule has 0 aromatic heterocycles. The van der Waals surface area contributed by atoms with Crippen LogP contribution in [0, 0.1) is 6.92 Å². The number of carbonyl (C=O) groups is 2. The Morgan fingerprint density at radius 1 is 1.11 bits per heavy atom. The molecule has 0 radical (unpaired) electrons. The summed E-state index contributed by atoms with van der Waals surface area (Å²) in [5, 5.41) is 9.37. The molecule has 0 aliphatic carbocycles. The lowest BCUT2D eigenvalue weighted by molar-refractivity contribution is -0.152. The van der Waals surface area contributed by atoms with E-state index in [1.54, 1.807) is 4.90 Å². The predicted molar refractivity (Wildman–Crippen MR) is 124 cm³/mol. The van der Waals surface area contributed by atoms with Crippen molar-refractivity contribution in [2.75, 3.05) is 19.7 Å². The number of likely N-dealkylation sites (tertiary alicyclic amines) is 1. The number of carboxylic acids is 1. The van der Waals surface area contributed by atoms with Gasteiger partial charge < -0.3 is 19.5 Å². The normalized spacial score (nSPS) is 16.6. The second kappa shape index (κ2) is 10.6. The van der Waals surface area contributed by atoms with Crippen LogP contribution in [-0.2, 0) is 22.1 Å². The molecular weight excluding hydrogens is 463 g/mol. The third-order valence-corrected chi connectivity index (χ3v) is 6.14. The number of carbonyl (C=O) groups excluding carboxylic acids is 1. The molecule has 9 heteroatoms. The third kappa shape index (κ3) is 6.90. The van der Waals surface area contributed by atoms with Crippen molar-refractivity contribution in [3.05, 3.63) is 64.7 Å². The van der Waals surface area contributed by atoms with Crippen molar-refractivity contribution in [1.29, 1.82) is 0 Å². The van der Waals surface area contributed by atoms with E-state index in [-0.39, 0.29) is 12.5 Å². The molecule has 6 nitrogen and oxygen atoms in total. The summed E-state index contributed by atoms with van der Waals surface area (Å²) < 4.78 is 49.2. The van der Waals surface area contributed by atoms with Crippen molar-refractivity contribution in [3.63, 3.8) is 0 Å².